The van der Waals surface area contributed by atoms with E-state index in [2.05, 4.69) is 10.4 Å². The van der Waals surface area contributed by atoms with E-state index in [0.29, 0.717) is 17.2 Å². The van der Waals surface area contributed by atoms with Gasteiger partial charge in [-0.1, -0.05) is 0 Å². The van der Waals surface area contributed by atoms with Crippen molar-refractivity contribution < 1.29 is 9.53 Å². The number of carbonyl (C=O) groups excluding carboxylic acids is 1. The zero-order valence-electron chi connectivity index (χ0n) is 10.3. The summed E-state index contributed by atoms with van der Waals surface area (Å²) in [5.41, 5.74) is 6.35. The molecule has 1 aromatic rings. The molecule has 0 radical (unpaired) electrons. The van der Waals surface area contributed by atoms with Crippen LogP contribution in [-0.2, 0) is 11.8 Å². The Bertz CT molecular complexity index is 404. The number of rotatable bonds is 1. The Labute approximate surface area is 94.8 Å². The molecule has 1 aromatic heterocycles. The fourth-order valence-corrected chi connectivity index (χ4v) is 1.22. The maximum atomic E-state index is 11.5. The van der Waals surface area contributed by atoms with E-state index in [1.165, 1.54) is 4.68 Å². The number of ether oxygens (including phenoxy) is 1. The number of carbonyl (C=O) groups is 1. The van der Waals surface area contributed by atoms with Gasteiger partial charge in [0.15, 0.2) is 5.82 Å². The van der Waals surface area contributed by atoms with Gasteiger partial charge in [0.25, 0.3) is 0 Å². The van der Waals surface area contributed by atoms with Crippen LogP contribution in [0.15, 0.2) is 0 Å². The van der Waals surface area contributed by atoms with Gasteiger partial charge >= 0.3 is 6.09 Å². The van der Waals surface area contributed by atoms with Crippen LogP contribution in [0.5, 0.6) is 0 Å². The molecule has 90 valence electrons. The number of nitrogens with two attached hydrogens (primary N) is 1. The lowest BCUT2D eigenvalue weighted by molar-refractivity contribution is 0.0634. The third-order valence-electron chi connectivity index (χ3n) is 1.89. The van der Waals surface area contributed by atoms with Gasteiger partial charge in [0.05, 0.1) is 11.4 Å². The predicted octanol–water partition coefficient (Wildman–Crippen LogP) is 1.66. The molecule has 16 heavy (non-hydrogen) atoms. The van der Waals surface area contributed by atoms with Gasteiger partial charge in [0, 0.05) is 7.05 Å². The molecular formula is C10H18N4O2. The minimum atomic E-state index is -0.540. The molecule has 0 fully saturated rings. The van der Waals surface area contributed by atoms with Crippen molar-refractivity contribution in [3.63, 3.8) is 0 Å². The summed E-state index contributed by atoms with van der Waals surface area (Å²) in [6, 6.07) is 0. The van der Waals surface area contributed by atoms with E-state index in [1.54, 1.807) is 34.7 Å². The SMILES string of the molecule is Cc1nn(C)c(NC(=O)OC(C)(C)C)c1N. The Hall–Kier alpha value is -1.72. The Kier molecular flexibility index (Phi) is 3.11. The fraction of sp³-hybridized carbons (Fsp3) is 0.600. The summed E-state index contributed by atoms with van der Waals surface area (Å²) in [5, 5.41) is 6.65. The largest absolute Gasteiger partial charge is 0.444 e. The highest BCUT2D eigenvalue weighted by Crippen LogP contribution is 2.21. The second-order valence-electron chi connectivity index (χ2n) is 4.60. The first-order chi connectivity index (χ1) is 7.20. The van der Waals surface area contributed by atoms with Crippen molar-refractivity contribution in [2.24, 2.45) is 7.05 Å². The van der Waals surface area contributed by atoms with Gasteiger partial charge in [-0.05, 0) is 27.7 Å². The minimum absolute atomic E-state index is 0.451. The molecule has 0 aliphatic heterocycles. The second kappa shape index (κ2) is 4.03. The average Bonchev–Trinajstić information content (AvgIpc) is 2.29. The molecule has 0 spiro atoms. The lowest BCUT2D eigenvalue weighted by Crippen LogP contribution is -2.28. The Morgan fingerprint density at radius 1 is 1.50 bits per heavy atom. The second-order valence-corrected chi connectivity index (χ2v) is 4.60. The van der Waals surface area contributed by atoms with E-state index < -0.39 is 11.7 Å². The number of nitrogens with zero attached hydrogens (tertiary/aromatic N) is 2. The molecule has 0 saturated carbocycles. The molecule has 6 nitrogen and oxygen atoms in total. The number of aromatic nitrogens is 2. The van der Waals surface area contributed by atoms with E-state index in [4.69, 9.17) is 10.5 Å². The summed E-state index contributed by atoms with van der Waals surface area (Å²) < 4.78 is 6.62. The van der Waals surface area contributed by atoms with Crippen LogP contribution in [-0.4, -0.2) is 21.5 Å². The molecule has 0 atom stereocenters. The summed E-state index contributed by atoms with van der Waals surface area (Å²) in [6.45, 7) is 7.16. The summed E-state index contributed by atoms with van der Waals surface area (Å²) in [4.78, 5) is 11.5. The van der Waals surface area contributed by atoms with Crippen molar-refractivity contribution in [1.82, 2.24) is 9.78 Å². The lowest BCUT2D eigenvalue weighted by Gasteiger charge is -2.19. The van der Waals surface area contributed by atoms with Crippen LogP contribution in [0.2, 0.25) is 0 Å². The Balaban J connectivity index is 2.78. The Morgan fingerprint density at radius 2 is 2.06 bits per heavy atom. The quantitative estimate of drug-likeness (QED) is 0.763. The van der Waals surface area contributed by atoms with Crippen molar-refractivity contribution in [1.29, 1.82) is 0 Å². The maximum Gasteiger partial charge on any atom is 0.413 e. The first-order valence-electron chi connectivity index (χ1n) is 5.00. The van der Waals surface area contributed by atoms with Crippen LogP contribution in [0.25, 0.3) is 0 Å². The summed E-state index contributed by atoms with van der Waals surface area (Å²) in [6.07, 6.45) is -0.540. The summed E-state index contributed by atoms with van der Waals surface area (Å²) in [5.74, 6) is 0.451. The number of nitrogen functional groups attached to an aromatic ring is 1. The summed E-state index contributed by atoms with van der Waals surface area (Å²) >= 11 is 0. The van der Waals surface area contributed by atoms with Crippen LogP contribution in [0.1, 0.15) is 26.5 Å². The summed E-state index contributed by atoms with van der Waals surface area (Å²) in [7, 11) is 1.70. The highest BCUT2D eigenvalue weighted by Gasteiger charge is 2.19. The average molecular weight is 226 g/mol. The first-order valence-corrected chi connectivity index (χ1v) is 5.00. The van der Waals surface area contributed by atoms with Crippen molar-refractivity contribution in [2.45, 2.75) is 33.3 Å². The smallest absolute Gasteiger partial charge is 0.413 e. The fourth-order valence-electron chi connectivity index (χ4n) is 1.22. The lowest BCUT2D eigenvalue weighted by atomic mass is 10.2. The molecule has 1 rings (SSSR count). The molecule has 0 aliphatic carbocycles. The number of nitrogens with one attached hydrogen (secondary N) is 1. The molecule has 6 heteroatoms. The monoisotopic (exact) mass is 226 g/mol. The van der Waals surface area contributed by atoms with Crippen LogP contribution in [0, 0.1) is 6.92 Å². The maximum absolute atomic E-state index is 11.5. The zero-order valence-corrected chi connectivity index (χ0v) is 10.3. The van der Waals surface area contributed by atoms with Crippen molar-refractivity contribution in [3.05, 3.63) is 5.69 Å². The third kappa shape index (κ3) is 2.88. The Morgan fingerprint density at radius 3 is 2.44 bits per heavy atom. The molecular weight excluding hydrogens is 208 g/mol. The van der Waals surface area contributed by atoms with Gasteiger partial charge in [0.2, 0.25) is 0 Å². The van der Waals surface area contributed by atoms with E-state index in [9.17, 15) is 4.79 Å². The van der Waals surface area contributed by atoms with E-state index in [-0.39, 0.29) is 0 Å². The standard InChI is InChI=1S/C10H18N4O2/c1-6-7(11)8(14(5)13-6)12-9(15)16-10(2,3)4/h11H2,1-5H3,(H,12,15). The number of aryl methyl sites for hydroxylation is 2. The third-order valence-corrected chi connectivity index (χ3v) is 1.89. The molecule has 0 saturated heterocycles. The van der Waals surface area contributed by atoms with Gasteiger partial charge in [-0.3, -0.25) is 10.00 Å². The van der Waals surface area contributed by atoms with E-state index >= 15 is 0 Å². The minimum Gasteiger partial charge on any atom is -0.444 e. The molecule has 1 amide bonds. The van der Waals surface area contributed by atoms with Gasteiger partial charge in [-0.25, -0.2) is 4.79 Å². The first kappa shape index (κ1) is 12.4. The zero-order chi connectivity index (χ0) is 12.5. The van der Waals surface area contributed by atoms with Gasteiger partial charge < -0.3 is 10.5 Å². The number of anilines is 2. The predicted molar refractivity (Wildman–Crippen MR) is 62.2 cm³/mol. The molecule has 0 unspecified atom stereocenters. The normalized spacial score (nSPS) is 11.3. The van der Waals surface area contributed by atoms with Gasteiger partial charge in [0.1, 0.15) is 5.60 Å². The van der Waals surface area contributed by atoms with Crippen LogP contribution < -0.4 is 11.1 Å². The van der Waals surface area contributed by atoms with Crippen LogP contribution in [0.3, 0.4) is 0 Å². The molecule has 0 aromatic carbocycles. The molecule has 0 aliphatic rings. The highest BCUT2D eigenvalue weighted by molar-refractivity contribution is 5.88. The molecule has 0 bridgehead atoms. The van der Waals surface area contributed by atoms with E-state index in [0.717, 1.165) is 0 Å². The molecule has 3 N–H and O–H groups in total. The molecule has 1 heterocycles. The number of amides is 1. The van der Waals surface area contributed by atoms with E-state index in [1.807, 2.05) is 0 Å². The number of hydrogen-bond donors (Lipinski definition) is 2. The van der Waals surface area contributed by atoms with Crippen LogP contribution >= 0.6 is 0 Å². The van der Waals surface area contributed by atoms with Crippen molar-refractivity contribution in [3.8, 4) is 0 Å². The van der Waals surface area contributed by atoms with Crippen molar-refractivity contribution in [2.75, 3.05) is 11.1 Å². The van der Waals surface area contributed by atoms with Crippen LogP contribution in [0.4, 0.5) is 16.3 Å². The number of hydrogen-bond acceptors (Lipinski definition) is 4. The van der Waals surface area contributed by atoms with Gasteiger partial charge in [-0.15, -0.1) is 0 Å². The van der Waals surface area contributed by atoms with Crippen molar-refractivity contribution >= 4 is 17.6 Å². The van der Waals surface area contributed by atoms with Gasteiger partial charge in [-0.2, -0.15) is 5.10 Å². The topological polar surface area (TPSA) is 82.2 Å². The highest BCUT2D eigenvalue weighted by atomic mass is 16.6.